The number of likely N-dealkylation sites (tertiary alicyclic amines) is 1. The van der Waals surface area contributed by atoms with Gasteiger partial charge in [-0.05, 0) is 106 Å². The van der Waals surface area contributed by atoms with E-state index in [1.165, 1.54) is 0 Å². The van der Waals surface area contributed by atoms with Crippen molar-refractivity contribution < 1.29 is 19.1 Å². The molecule has 3 aliphatic heterocycles. The third-order valence-corrected chi connectivity index (χ3v) is 10.8. The summed E-state index contributed by atoms with van der Waals surface area (Å²) in [6, 6.07) is 19.3. The predicted octanol–water partition coefficient (Wildman–Crippen LogP) is 6.40. The molecular weight excluding hydrogens is 661 g/mol. The lowest BCUT2D eigenvalue weighted by atomic mass is 9.94. The Hall–Kier alpha value is -3.53. The summed E-state index contributed by atoms with van der Waals surface area (Å²) >= 11 is 12.2. The van der Waals surface area contributed by atoms with Crippen LogP contribution in [0, 0.1) is 17.8 Å². The summed E-state index contributed by atoms with van der Waals surface area (Å²) in [6.07, 6.45) is 7.32. The second-order valence-corrected chi connectivity index (χ2v) is 14.8. The van der Waals surface area contributed by atoms with Gasteiger partial charge in [0.05, 0.1) is 11.8 Å². The second-order valence-electron chi connectivity index (χ2n) is 13.9. The zero-order chi connectivity index (χ0) is 33.7. The molecule has 4 aliphatic rings. The molecule has 49 heavy (non-hydrogen) atoms. The lowest BCUT2D eigenvalue weighted by molar-refractivity contribution is -0.157. The Bertz CT molecular complexity index is 1560. The van der Waals surface area contributed by atoms with Crippen LogP contribution in [0.5, 0.6) is 5.88 Å². The van der Waals surface area contributed by atoms with Gasteiger partial charge in [0, 0.05) is 84.4 Å². The van der Waals surface area contributed by atoms with Gasteiger partial charge in [-0.25, -0.2) is 4.98 Å². The minimum Gasteiger partial charge on any atom is -0.474 e. The third-order valence-electron chi connectivity index (χ3n) is 10.3. The van der Waals surface area contributed by atoms with E-state index in [0.717, 1.165) is 75.2 Å². The maximum atomic E-state index is 13.9. The molecule has 1 N–H and O–H groups in total. The third kappa shape index (κ3) is 8.80. The van der Waals surface area contributed by atoms with Gasteiger partial charge in [-0.3, -0.25) is 9.59 Å². The highest BCUT2D eigenvalue weighted by molar-refractivity contribution is 6.30. The minimum atomic E-state index is -0.574. The van der Waals surface area contributed by atoms with Gasteiger partial charge in [0.25, 0.3) is 0 Å². The van der Waals surface area contributed by atoms with Gasteiger partial charge in [-0.15, -0.1) is 0 Å². The monoisotopic (exact) mass is 705 g/mol. The zero-order valence-electron chi connectivity index (χ0n) is 27.8. The van der Waals surface area contributed by atoms with Gasteiger partial charge in [0.2, 0.25) is 11.8 Å². The van der Waals surface area contributed by atoms with Crippen LogP contribution in [0.3, 0.4) is 0 Å². The molecule has 11 heteroatoms. The van der Waals surface area contributed by atoms with E-state index < -0.39 is 6.10 Å². The maximum absolute atomic E-state index is 13.9. The molecule has 4 heterocycles. The standard InChI is InChI=1S/C38H45Cl2N5O4/c39-30-4-8-32(9-5-30)44-19-15-27(24-44)37(46)42-22-29(23-43-17-1-2-18-43)36(26-3-14-35(41-21-26)48-34-12-13-34)49-38(47)28-16-20-45(25-28)33-10-6-31(40)7-11-33/h3-11,14,21,27-29,34,36H,1-2,12-13,15-20,22-25H2,(H,42,46). The molecule has 0 spiro atoms. The van der Waals surface area contributed by atoms with Crippen molar-refractivity contribution in [2.75, 3.05) is 62.2 Å². The number of hydrogen-bond acceptors (Lipinski definition) is 8. The molecular formula is C38H45Cl2N5O4. The van der Waals surface area contributed by atoms with Gasteiger partial charge >= 0.3 is 5.97 Å². The first-order valence-corrected chi connectivity index (χ1v) is 18.5. The highest BCUT2D eigenvalue weighted by Crippen LogP contribution is 2.34. The molecule has 4 unspecified atom stereocenters. The molecule has 4 atom stereocenters. The van der Waals surface area contributed by atoms with Crippen LogP contribution >= 0.6 is 23.2 Å². The molecule has 3 aromatic rings. The number of hydrogen-bond donors (Lipinski definition) is 1. The highest BCUT2D eigenvalue weighted by Gasteiger charge is 2.37. The topological polar surface area (TPSA) is 87.2 Å². The SMILES string of the molecule is O=C(NCC(CN1CCCC1)C(OC(=O)C1CCN(c2ccc(Cl)cc2)C1)c1ccc(OC2CC2)nc1)C1CCN(c2ccc(Cl)cc2)C1. The van der Waals surface area contributed by atoms with Gasteiger partial charge in [0.1, 0.15) is 12.2 Å². The number of esters is 1. The van der Waals surface area contributed by atoms with Gasteiger partial charge in [-0.1, -0.05) is 23.2 Å². The van der Waals surface area contributed by atoms with E-state index in [2.05, 4.69) is 25.0 Å². The molecule has 1 aliphatic carbocycles. The van der Waals surface area contributed by atoms with Crippen LogP contribution in [0.4, 0.5) is 11.4 Å². The summed E-state index contributed by atoms with van der Waals surface area (Å²) < 4.78 is 12.4. The number of anilines is 2. The van der Waals surface area contributed by atoms with E-state index in [-0.39, 0.29) is 35.7 Å². The van der Waals surface area contributed by atoms with E-state index in [1.807, 2.05) is 60.7 Å². The quantitative estimate of drug-likeness (QED) is 0.205. The van der Waals surface area contributed by atoms with Crippen molar-refractivity contribution >= 4 is 46.5 Å². The van der Waals surface area contributed by atoms with Crippen LogP contribution in [-0.2, 0) is 14.3 Å². The van der Waals surface area contributed by atoms with E-state index in [9.17, 15) is 9.59 Å². The highest BCUT2D eigenvalue weighted by atomic mass is 35.5. The molecule has 2 aromatic carbocycles. The number of carbonyl (C=O) groups excluding carboxylic acids is 2. The molecule has 3 saturated heterocycles. The number of aromatic nitrogens is 1. The smallest absolute Gasteiger partial charge is 0.311 e. The van der Waals surface area contributed by atoms with Crippen LogP contribution < -0.4 is 19.9 Å². The Morgan fingerprint density at radius 1 is 0.796 bits per heavy atom. The van der Waals surface area contributed by atoms with E-state index in [4.69, 9.17) is 32.7 Å². The molecule has 0 radical (unpaired) electrons. The number of nitrogens with zero attached hydrogens (tertiary/aromatic N) is 4. The van der Waals surface area contributed by atoms with Crippen molar-refractivity contribution in [2.24, 2.45) is 17.8 Å². The van der Waals surface area contributed by atoms with Crippen LogP contribution in [0.2, 0.25) is 10.0 Å². The van der Waals surface area contributed by atoms with Gasteiger partial charge in [0.15, 0.2) is 0 Å². The van der Waals surface area contributed by atoms with Crippen molar-refractivity contribution in [1.82, 2.24) is 15.2 Å². The lowest BCUT2D eigenvalue weighted by Crippen LogP contribution is -2.42. The number of rotatable bonds is 13. The van der Waals surface area contributed by atoms with Crippen LogP contribution in [-0.4, -0.2) is 80.2 Å². The van der Waals surface area contributed by atoms with Crippen LogP contribution in [0.15, 0.2) is 66.9 Å². The summed E-state index contributed by atoms with van der Waals surface area (Å²) in [4.78, 5) is 39.0. The number of benzene rings is 2. The second kappa shape index (κ2) is 15.6. The summed E-state index contributed by atoms with van der Waals surface area (Å²) in [7, 11) is 0. The normalized spacial score (nSPS) is 22.2. The fraction of sp³-hybridized carbons (Fsp3) is 0.500. The number of nitrogens with one attached hydrogen (secondary N) is 1. The summed E-state index contributed by atoms with van der Waals surface area (Å²) in [5, 5.41) is 4.67. The summed E-state index contributed by atoms with van der Waals surface area (Å²) in [5.74, 6) is -0.141. The Morgan fingerprint density at radius 2 is 1.41 bits per heavy atom. The van der Waals surface area contributed by atoms with Crippen LogP contribution in [0.1, 0.15) is 50.2 Å². The first kappa shape index (κ1) is 33.9. The molecule has 4 fully saturated rings. The molecule has 260 valence electrons. The summed E-state index contributed by atoms with van der Waals surface area (Å²) in [5.41, 5.74) is 2.93. The Morgan fingerprint density at radius 3 is 2.00 bits per heavy atom. The number of ether oxygens (including phenoxy) is 2. The molecule has 1 saturated carbocycles. The van der Waals surface area contributed by atoms with Crippen molar-refractivity contribution in [3.63, 3.8) is 0 Å². The van der Waals surface area contributed by atoms with Crippen molar-refractivity contribution in [1.29, 1.82) is 0 Å². The van der Waals surface area contributed by atoms with Crippen molar-refractivity contribution in [3.05, 3.63) is 82.5 Å². The average Bonchev–Trinajstić information content (AvgIpc) is 3.50. The van der Waals surface area contributed by atoms with Gasteiger partial charge < -0.3 is 29.5 Å². The van der Waals surface area contributed by atoms with Crippen molar-refractivity contribution in [2.45, 2.75) is 50.7 Å². The minimum absolute atomic E-state index is 0.0358. The predicted molar refractivity (Wildman–Crippen MR) is 192 cm³/mol. The van der Waals surface area contributed by atoms with E-state index >= 15 is 0 Å². The number of carbonyl (C=O) groups is 2. The summed E-state index contributed by atoms with van der Waals surface area (Å²) in [6.45, 7) is 5.91. The first-order chi connectivity index (χ1) is 23.9. The largest absolute Gasteiger partial charge is 0.474 e. The Kier molecular flexibility index (Phi) is 10.8. The molecule has 9 nitrogen and oxygen atoms in total. The number of amides is 1. The van der Waals surface area contributed by atoms with Gasteiger partial charge in [-0.2, -0.15) is 0 Å². The Balaban J connectivity index is 1.06. The average molecular weight is 707 g/mol. The number of halogens is 2. The Labute approximate surface area is 298 Å². The molecule has 0 bridgehead atoms. The molecule has 1 amide bonds. The fourth-order valence-electron chi connectivity index (χ4n) is 7.28. The number of pyridine rings is 1. The van der Waals surface area contributed by atoms with Crippen LogP contribution in [0.25, 0.3) is 0 Å². The maximum Gasteiger partial charge on any atom is 0.311 e. The fourth-order valence-corrected chi connectivity index (χ4v) is 7.54. The first-order valence-electron chi connectivity index (χ1n) is 17.7. The molecule has 1 aromatic heterocycles. The van der Waals surface area contributed by atoms with E-state index in [0.29, 0.717) is 48.5 Å². The lowest BCUT2D eigenvalue weighted by Gasteiger charge is -2.32. The van der Waals surface area contributed by atoms with E-state index in [1.54, 1.807) is 6.20 Å². The van der Waals surface area contributed by atoms with Crippen molar-refractivity contribution in [3.8, 4) is 5.88 Å². The zero-order valence-corrected chi connectivity index (χ0v) is 29.3. The molecule has 7 rings (SSSR count).